The largest absolute Gasteiger partial charge is 0.512 e. The Kier molecular flexibility index (Phi) is 5.28. The first kappa shape index (κ1) is 21.5. The molecule has 8 heteroatoms. The van der Waals surface area contributed by atoms with Crippen molar-refractivity contribution in [2.45, 2.75) is 25.4 Å². The van der Waals surface area contributed by atoms with Crippen LogP contribution in [0, 0.1) is 11.7 Å². The summed E-state index contributed by atoms with van der Waals surface area (Å²) >= 11 is 0. The number of fused-ring (bicyclic) bond motifs is 3. The van der Waals surface area contributed by atoms with Crippen LogP contribution in [0.15, 0.2) is 79.4 Å². The van der Waals surface area contributed by atoms with Crippen LogP contribution >= 0.6 is 0 Å². The van der Waals surface area contributed by atoms with Crippen LogP contribution in [-0.4, -0.2) is 42.6 Å². The van der Waals surface area contributed by atoms with Gasteiger partial charge in [-0.1, -0.05) is 24.3 Å². The van der Waals surface area contributed by atoms with Crippen molar-refractivity contribution in [1.29, 1.82) is 0 Å². The molecule has 1 saturated heterocycles. The lowest BCUT2D eigenvalue weighted by Gasteiger charge is -2.37. The summed E-state index contributed by atoms with van der Waals surface area (Å²) in [4.78, 5) is 6.72. The van der Waals surface area contributed by atoms with Gasteiger partial charge in [-0.25, -0.2) is 9.37 Å². The number of anilines is 1. The van der Waals surface area contributed by atoms with Gasteiger partial charge in [-0.05, 0) is 42.5 Å². The van der Waals surface area contributed by atoms with Crippen LogP contribution in [0.25, 0.3) is 22.4 Å². The fourth-order valence-electron chi connectivity index (χ4n) is 5.54. The molecule has 0 saturated carbocycles. The fourth-order valence-corrected chi connectivity index (χ4v) is 5.54. The zero-order valence-electron chi connectivity index (χ0n) is 19.1. The van der Waals surface area contributed by atoms with Crippen LogP contribution in [0.3, 0.4) is 0 Å². The number of allylic oxidation sites excluding steroid dienone is 1. The highest BCUT2D eigenvalue weighted by Gasteiger charge is 2.37. The van der Waals surface area contributed by atoms with E-state index in [4.69, 9.17) is 5.11 Å². The Labute approximate surface area is 202 Å². The number of aromatic nitrogens is 4. The van der Waals surface area contributed by atoms with Gasteiger partial charge in [-0.15, -0.1) is 0 Å². The van der Waals surface area contributed by atoms with Crippen molar-refractivity contribution in [3.8, 4) is 22.4 Å². The van der Waals surface area contributed by atoms with Crippen molar-refractivity contribution in [1.82, 2.24) is 19.3 Å². The molecule has 0 amide bonds. The van der Waals surface area contributed by atoms with E-state index in [0.29, 0.717) is 12.2 Å². The van der Waals surface area contributed by atoms with Gasteiger partial charge in [0.05, 0.1) is 30.5 Å². The summed E-state index contributed by atoms with van der Waals surface area (Å²) in [5.74, 6) is 0.0819. The SMILES string of the molecule is O/C=C(\O)Cn1cc(-c2ccc(N3CCC(C4c5c(F)cccc5-c5cncn54)CC3)cc2)cn1. The molecule has 7 nitrogen and oxygen atoms in total. The summed E-state index contributed by atoms with van der Waals surface area (Å²) in [5.41, 5.74) is 5.94. The van der Waals surface area contributed by atoms with Crippen LogP contribution in [0.2, 0.25) is 0 Å². The van der Waals surface area contributed by atoms with E-state index in [1.807, 2.05) is 24.8 Å². The molecule has 2 aliphatic heterocycles. The number of aliphatic hydroxyl groups is 2. The number of benzene rings is 2. The Morgan fingerprint density at radius 1 is 1.06 bits per heavy atom. The molecule has 0 spiro atoms. The Balaban J connectivity index is 1.15. The highest BCUT2D eigenvalue weighted by Crippen LogP contribution is 2.47. The number of piperidine rings is 1. The highest BCUT2D eigenvalue weighted by atomic mass is 19.1. The molecule has 0 radical (unpaired) electrons. The zero-order valence-corrected chi connectivity index (χ0v) is 19.1. The third-order valence-corrected chi connectivity index (χ3v) is 7.25. The lowest BCUT2D eigenvalue weighted by molar-refractivity contribution is 0.312. The molecule has 0 bridgehead atoms. The van der Waals surface area contributed by atoms with E-state index in [1.54, 1.807) is 23.0 Å². The Bertz CT molecular complexity index is 1380. The molecule has 2 N–H and O–H groups in total. The first-order valence-electron chi connectivity index (χ1n) is 11.8. The van der Waals surface area contributed by atoms with E-state index in [-0.39, 0.29) is 24.2 Å². The molecule has 0 aliphatic carbocycles. The maximum Gasteiger partial charge on any atom is 0.148 e. The van der Waals surface area contributed by atoms with E-state index in [2.05, 4.69) is 43.8 Å². The van der Waals surface area contributed by atoms with Crippen molar-refractivity contribution in [2.75, 3.05) is 18.0 Å². The van der Waals surface area contributed by atoms with Gasteiger partial charge in [0.25, 0.3) is 0 Å². The summed E-state index contributed by atoms with van der Waals surface area (Å²) in [5, 5.41) is 22.6. The van der Waals surface area contributed by atoms with Gasteiger partial charge in [0, 0.05) is 41.7 Å². The van der Waals surface area contributed by atoms with Gasteiger partial charge in [0.2, 0.25) is 0 Å². The summed E-state index contributed by atoms with van der Waals surface area (Å²) in [7, 11) is 0. The molecule has 178 valence electrons. The van der Waals surface area contributed by atoms with Crippen molar-refractivity contribution in [3.05, 3.63) is 90.8 Å². The molecule has 4 heterocycles. The first-order chi connectivity index (χ1) is 17.1. The average molecular weight is 472 g/mol. The third kappa shape index (κ3) is 3.75. The number of rotatable bonds is 5. The molecule has 1 unspecified atom stereocenters. The minimum Gasteiger partial charge on any atom is -0.512 e. The molecular weight excluding hydrogens is 445 g/mol. The molecule has 6 rings (SSSR count). The Morgan fingerprint density at radius 3 is 2.63 bits per heavy atom. The normalized spacial score (nSPS) is 18.0. The minimum absolute atomic E-state index is 0.00452. The van der Waals surface area contributed by atoms with Crippen LogP contribution in [0.1, 0.15) is 24.4 Å². The predicted octanol–water partition coefficient (Wildman–Crippen LogP) is 5.33. The smallest absolute Gasteiger partial charge is 0.148 e. The van der Waals surface area contributed by atoms with E-state index < -0.39 is 0 Å². The van der Waals surface area contributed by atoms with Crippen molar-refractivity contribution in [2.24, 2.45) is 5.92 Å². The minimum atomic E-state index is -0.147. The quantitative estimate of drug-likeness (QED) is 0.385. The van der Waals surface area contributed by atoms with Gasteiger partial charge in [0.15, 0.2) is 0 Å². The second kappa shape index (κ2) is 8.61. The predicted molar refractivity (Wildman–Crippen MR) is 132 cm³/mol. The maximum absolute atomic E-state index is 14.9. The van der Waals surface area contributed by atoms with Gasteiger partial charge in [0.1, 0.15) is 24.4 Å². The van der Waals surface area contributed by atoms with Gasteiger partial charge >= 0.3 is 0 Å². The molecule has 2 aromatic carbocycles. The van der Waals surface area contributed by atoms with Crippen LogP contribution in [0.5, 0.6) is 0 Å². The van der Waals surface area contributed by atoms with Gasteiger partial charge in [-0.3, -0.25) is 4.68 Å². The molecule has 2 aliphatic rings. The molecule has 1 fully saturated rings. The first-order valence-corrected chi connectivity index (χ1v) is 11.8. The Morgan fingerprint density at radius 2 is 1.86 bits per heavy atom. The molecule has 2 aromatic heterocycles. The number of hydrogen-bond acceptors (Lipinski definition) is 5. The van der Waals surface area contributed by atoms with E-state index in [1.165, 1.54) is 5.69 Å². The standard InChI is InChI=1S/C27H26FN5O2/c28-24-3-1-2-23-25-13-29-17-33(25)27(26(23)24)19-8-10-31(11-9-19)21-6-4-18(5-7-21)20-12-30-32(14-20)15-22(35)16-34/h1-7,12-14,16-17,19,27,34-35H,8-11,15H2/b22-16-. The van der Waals surface area contributed by atoms with Crippen molar-refractivity contribution < 1.29 is 14.6 Å². The Hall–Kier alpha value is -4.07. The van der Waals surface area contributed by atoms with Crippen LogP contribution in [-0.2, 0) is 6.54 Å². The number of aliphatic hydroxyl groups excluding tert-OH is 2. The summed E-state index contributed by atoms with van der Waals surface area (Å²) in [6, 6.07) is 13.7. The molecular formula is C27H26FN5O2. The lowest BCUT2D eigenvalue weighted by Crippen LogP contribution is -2.36. The number of nitrogens with zero attached hydrogens (tertiary/aromatic N) is 5. The average Bonchev–Trinajstić information content (AvgIpc) is 3.61. The van der Waals surface area contributed by atoms with Crippen LogP contribution in [0.4, 0.5) is 10.1 Å². The fraction of sp³-hybridized carbons (Fsp3) is 0.259. The summed E-state index contributed by atoms with van der Waals surface area (Å²) < 4.78 is 18.6. The molecule has 35 heavy (non-hydrogen) atoms. The van der Waals surface area contributed by atoms with Crippen LogP contribution < -0.4 is 4.90 Å². The summed E-state index contributed by atoms with van der Waals surface area (Å²) in [6.45, 7) is 1.96. The second-order valence-corrected chi connectivity index (χ2v) is 9.25. The summed E-state index contributed by atoms with van der Waals surface area (Å²) in [6.07, 6.45) is 9.89. The monoisotopic (exact) mass is 471 g/mol. The third-order valence-electron chi connectivity index (χ3n) is 7.25. The van der Waals surface area contributed by atoms with Gasteiger partial charge in [-0.2, -0.15) is 5.10 Å². The number of hydrogen-bond donors (Lipinski definition) is 2. The van der Waals surface area contributed by atoms with E-state index in [0.717, 1.165) is 53.9 Å². The van der Waals surface area contributed by atoms with E-state index >= 15 is 0 Å². The van der Waals surface area contributed by atoms with E-state index in [9.17, 15) is 9.50 Å². The molecule has 1 atom stereocenters. The zero-order chi connectivity index (χ0) is 23.9. The number of imidazole rings is 1. The number of halogens is 1. The molecule has 4 aromatic rings. The van der Waals surface area contributed by atoms with Gasteiger partial charge < -0.3 is 19.7 Å². The lowest BCUT2D eigenvalue weighted by atomic mass is 9.85. The van der Waals surface area contributed by atoms with Crippen molar-refractivity contribution in [3.63, 3.8) is 0 Å². The topological polar surface area (TPSA) is 79.3 Å². The second-order valence-electron chi connectivity index (χ2n) is 9.25. The maximum atomic E-state index is 14.9. The highest BCUT2D eigenvalue weighted by molar-refractivity contribution is 5.69. The van der Waals surface area contributed by atoms with Crippen molar-refractivity contribution >= 4 is 5.69 Å².